The fraction of sp³-hybridized carbons (Fsp3) is 1.00. The van der Waals surface area contributed by atoms with Crippen molar-refractivity contribution >= 4 is 0 Å². The Hall–Kier alpha value is -0.400. The molecule has 0 bridgehead atoms. The van der Waals surface area contributed by atoms with Crippen LogP contribution >= 0.6 is 0 Å². The number of ether oxygens (including phenoxy) is 1. The molecule has 0 amide bonds. The van der Waals surface area contributed by atoms with Gasteiger partial charge < -0.3 is 50.7 Å². The molecule has 0 aliphatic rings. The Morgan fingerprint density at radius 2 is 1.00 bits per heavy atom. The average molecular weight is 449 g/mol. The molecule has 0 aromatic rings. The van der Waals surface area contributed by atoms with Crippen molar-refractivity contribution < 1.29 is 50.7 Å². The van der Waals surface area contributed by atoms with Gasteiger partial charge >= 0.3 is 0 Å². The third-order valence-corrected chi connectivity index (χ3v) is 4.48. The normalized spacial score (nSPS) is 11.4. The van der Waals surface area contributed by atoms with Gasteiger partial charge in [-0.1, -0.05) is 34.1 Å². The Morgan fingerprint density at radius 3 is 1.10 bits per heavy atom. The predicted octanol–water partition coefficient (Wildman–Crippen LogP) is -1.17. The summed E-state index contributed by atoms with van der Waals surface area (Å²) in [5, 5.41) is 75.9. The maximum Gasteiger partial charge on any atom is 0.164 e. The van der Waals surface area contributed by atoms with Gasteiger partial charge in [-0.05, 0) is 19.8 Å². The van der Waals surface area contributed by atoms with E-state index in [-0.39, 0.29) is 46.2 Å². The van der Waals surface area contributed by atoms with Gasteiger partial charge in [0.15, 0.2) is 5.79 Å². The molecule has 30 heavy (non-hydrogen) atoms. The highest BCUT2D eigenvalue weighted by Crippen LogP contribution is 2.32. The van der Waals surface area contributed by atoms with Crippen LogP contribution in [0.2, 0.25) is 0 Å². The third kappa shape index (κ3) is 22.3. The molecule has 0 radical (unpaired) electrons. The summed E-state index contributed by atoms with van der Waals surface area (Å²) in [6.07, 6.45) is 2.40. The molecular formula is C20H48O10. The molecule has 0 aliphatic heterocycles. The first-order chi connectivity index (χ1) is 13.9. The van der Waals surface area contributed by atoms with Crippen LogP contribution in [-0.4, -0.2) is 111 Å². The van der Waals surface area contributed by atoms with E-state index in [1.807, 2.05) is 27.7 Å². The minimum Gasteiger partial charge on any atom is -0.396 e. The van der Waals surface area contributed by atoms with Gasteiger partial charge in [0, 0.05) is 10.8 Å². The van der Waals surface area contributed by atoms with Crippen molar-refractivity contribution in [3.63, 3.8) is 0 Å². The smallest absolute Gasteiger partial charge is 0.164 e. The van der Waals surface area contributed by atoms with Crippen LogP contribution in [0, 0.1) is 10.8 Å². The maximum atomic E-state index is 9.23. The highest BCUT2D eigenvalue weighted by molar-refractivity contribution is 4.79. The van der Waals surface area contributed by atoms with Crippen LogP contribution in [0.15, 0.2) is 0 Å². The quantitative estimate of drug-likeness (QED) is 0.130. The SMILES string of the molecule is CCC(CO)(CO)CO.CCCC(C)(C)C(C)(O)O.OCCO.OCCOCCO. The summed E-state index contributed by atoms with van der Waals surface area (Å²) in [4.78, 5) is 0. The minimum absolute atomic E-state index is 0.0278. The molecule has 0 spiro atoms. The van der Waals surface area contributed by atoms with E-state index in [9.17, 15) is 10.2 Å². The van der Waals surface area contributed by atoms with Crippen molar-refractivity contribution in [1.29, 1.82) is 0 Å². The second kappa shape index (κ2) is 23.3. The average Bonchev–Trinajstić information content (AvgIpc) is 2.71. The molecule has 0 rings (SSSR count). The molecule has 0 saturated heterocycles. The van der Waals surface area contributed by atoms with Crippen LogP contribution < -0.4 is 0 Å². The molecule has 0 aliphatic carbocycles. The fourth-order valence-corrected chi connectivity index (χ4v) is 1.58. The molecule has 9 N–H and O–H groups in total. The predicted molar refractivity (Wildman–Crippen MR) is 115 cm³/mol. The van der Waals surface area contributed by atoms with Crippen LogP contribution in [0.5, 0.6) is 0 Å². The lowest BCUT2D eigenvalue weighted by molar-refractivity contribution is -0.220. The third-order valence-electron chi connectivity index (χ3n) is 4.48. The molecular weight excluding hydrogens is 400 g/mol. The Kier molecular flexibility index (Phi) is 28.7. The second-order valence-corrected chi connectivity index (χ2v) is 7.49. The summed E-state index contributed by atoms with van der Waals surface area (Å²) in [5.74, 6) is -1.55. The van der Waals surface area contributed by atoms with Gasteiger partial charge in [0.05, 0.1) is 59.5 Å². The van der Waals surface area contributed by atoms with E-state index in [4.69, 9.17) is 35.7 Å². The van der Waals surface area contributed by atoms with Crippen molar-refractivity contribution in [1.82, 2.24) is 0 Å². The van der Waals surface area contributed by atoms with Crippen LogP contribution in [0.4, 0.5) is 0 Å². The zero-order valence-electron chi connectivity index (χ0n) is 19.4. The minimum atomic E-state index is -1.55. The van der Waals surface area contributed by atoms with Crippen LogP contribution in [-0.2, 0) is 4.74 Å². The van der Waals surface area contributed by atoms with E-state index in [0.29, 0.717) is 19.6 Å². The van der Waals surface area contributed by atoms with E-state index in [1.165, 1.54) is 6.92 Å². The molecule has 188 valence electrons. The molecule has 0 unspecified atom stereocenters. The Labute approximate surface area is 181 Å². The standard InChI is InChI=1S/C8H18O2.C6H14O3.C4H10O3.C2H6O2/c1-5-6-7(2,3)8(4,9)10;1-2-6(3-7,4-8)5-9;5-1-3-7-4-2-6;3-1-2-4/h9-10H,5-6H2,1-4H3;7-9H,2-5H2,1H3;5-6H,1-4H2;3-4H,1-2H2. The van der Waals surface area contributed by atoms with Gasteiger partial charge in [-0.15, -0.1) is 0 Å². The van der Waals surface area contributed by atoms with Crippen molar-refractivity contribution in [3.8, 4) is 0 Å². The number of hydrogen-bond donors (Lipinski definition) is 9. The van der Waals surface area contributed by atoms with E-state index < -0.39 is 16.6 Å². The Balaban J connectivity index is -0.000000157. The fourth-order valence-electron chi connectivity index (χ4n) is 1.58. The topological polar surface area (TPSA) is 191 Å². The van der Waals surface area contributed by atoms with Crippen molar-refractivity contribution in [2.75, 3.05) is 59.5 Å². The van der Waals surface area contributed by atoms with Gasteiger partial charge in [-0.25, -0.2) is 0 Å². The molecule has 10 heteroatoms. The van der Waals surface area contributed by atoms with Crippen LogP contribution in [0.3, 0.4) is 0 Å². The lowest BCUT2D eigenvalue weighted by Crippen LogP contribution is -2.41. The van der Waals surface area contributed by atoms with Crippen LogP contribution in [0.1, 0.15) is 53.9 Å². The molecule has 0 atom stereocenters. The number of rotatable bonds is 12. The maximum absolute atomic E-state index is 9.23. The number of aliphatic hydroxyl groups excluding tert-OH is 7. The largest absolute Gasteiger partial charge is 0.396 e. The Bertz CT molecular complexity index is 292. The summed E-state index contributed by atoms with van der Waals surface area (Å²) < 4.78 is 4.63. The Morgan fingerprint density at radius 1 is 0.633 bits per heavy atom. The first kappa shape index (κ1) is 36.9. The lowest BCUT2D eigenvalue weighted by atomic mass is 9.80. The van der Waals surface area contributed by atoms with Crippen molar-refractivity contribution in [2.45, 2.75) is 59.7 Å². The van der Waals surface area contributed by atoms with E-state index in [1.54, 1.807) is 0 Å². The monoisotopic (exact) mass is 448 g/mol. The summed E-state index contributed by atoms with van der Waals surface area (Å²) in [6, 6.07) is 0. The summed E-state index contributed by atoms with van der Waals surface area (Å²) in [7, 11) is 0. The molecule has 10 nitrogen and oxygen atoms in total. The van der Waals surface area contributed by atoms with Crippen molar-refractivity contribution in [2.24, 2.45) is 10.8 Å². The van der Waals surface area contributed by atoms with Gasteiger partial charge in [0.2, 0.25) is 0 Å². The second-order valence-electron chi connectivity index (χ2n) is 7.49. The first-order valence-corrected chi connectivity index (χ1v) is 10.2. The number of hydrogen-bond acceptors (Lipinski definition) is 10. The molecule has 0 aromatic heterocycles. The molecule has 0 fully saturated rings. The molecule has 0 saturated carbocycles. The van der Waals surface area contributed by atoms with E-state index in [2.05, 4.69) is 4.74 Å². The van der Waals surface area contributed by atoms with Gasteiger partial charge in [0.25, 0.3) is 0 Å². The van der Waals surface area contributed by atoms with Crippen molar-refractivity contribution in [3.05, 3.63) is 0 Å². The zero-order chi connectivity index (χ0) is 24.7. The van der Waals surface area contributed by atoms with Gasteiger partial charge in [-0.3, -0.25) is 0 Å². The highest BCUT2D eigenvalue weighted by Gasteiger charge is 2.36. The van der Waals surface area contributed by atoms with Gasteiger partial charge in [-0.2, -0.15) is 0 Å². The summed E-state index contributed by atoms with van der Waals surface area (Å²) >= 11 is 0. The van der Waals surface area contributed by atoms with Gasteiger partial charge in [0.1, 0.15) is 0 Å². The number of aliphatic hydroxyl groups is 9. The van der Waals surface area contributed by atoms with Crippen LogP contribution in [0.25, 0.3) is 0 Å². The van der Waals surface area contributed by atoms with E-state index >= 15 is 0 Å². The van der Waals surface area contributed by atoms with E-state index in [0.717, 1.165) is 12.8 Å². The molecule has 0 heterocycles. The highest BCUT2D eigenvalue weighted by atomic mass is 16.5. The summed E-state index contributed by atoms with van der Waals surface area (Å²) in [5.41, 5.74) is -1.07. The zero-order valence-corrected chi connectivity index (χ0v) is 19.4. The molecule has 0 aromatic carbocycles. The summed E-state index contributed by atoms with van der Waals surface area (Å²) in [6.45, 7) is 8.98. The first-order valence-electron chi connectivity index (χ1n) is 10.2. The lowest BCUT2D eigenvalue weighted by Gasteiger charge is -2.35.